The van der Waals surface area contributed by atoms with Crippen LogP contribution < -0.4 is 0 Å². The lowest BCUT2D eigenvalue weighted by Gasteiger charge is -2.34. The number of carbonyl (C=O) groups excluding carboxylic acids is 1. The van der Waals surface area contributed by atoms with E-state index in [0.29, 0.717) is 32.7 Å². The highest BCUT2D eigenvalue weighted by molar-refractivity contribution is 9.10. The third kappa shape index (κ3) is 3.85. The van der Waals surface area contributed by atoms with Gasteiger partial charge in [0.15, 0.2) is 5.69 Å². The minimum Gasteiger partial charge on any atom is -0.358 e. The number of H-pyrrole nitrogens is 1. The summed E-state index contributed by atoms with van der Waals surface area (Å²) in [6, 6.07) is 6.34. The zero-order chi connectivity index (χ0) is 18.0. The van der Waals surface area contributed by atoms with Crippen molar-refractivity contribution in [3.8, 4) is 0 Å². The van der Waals surface area contributed by atoms with Crippen molar-refractivity contribution in [1.29, 1.82) is 0 Å². The van der Waals surface area contributed by atoms with E-state index in [9.17, 15) is 19.3 Å². The van der Waals surface area contributed by atoms with Crippen LogP contribution in [0, 0.1) is 15.9 Å². The first-order valence-corrected chi connectivity index (χ1v) is 8.39. The van der Waals surface area contributed by atoms with Crippen molar-refractivity contribution >= 4 is 27.7 Å². The molecule has 0 spiro atoms. The number of aromatic nitrogens is 2. The number of hydrogen-bond acceptors (Lipinski definition) is 5. The van der Waals surface area contributed by atoms with Crippen LogP contribution in [-0.2, 0) is 6.54 Å². The second-order valence-electron chi connectivity index (χ2n) is 5.69. The summed E-state index contributed by atoms with van der Waals surface area (Å²) >= 11 is 3.06. The first kappa shape index (κ1) is 17.5. The number of rotatable bonds is 4. The van der Waals surface area contributed by atoms with Crippen LogP contribution in [-0.4, -0.2) is 57.0 Å². The summed E-state index contributed by atoms with van der Waals surface area (Å²) in [7, 11) is 0. The predicted molar refractivity (Wildman–Crippen MR) is 90.5 cm³/mol. The summed E-state index contributed by atoms with van der Waals surface area (Å²) < 4.78 is 13.0. The van der Waals surface area contributed by atoms with Gasteiger partial charge in [0.2, 0.25) is 0 Å². The molecule has 1 aliphatic rings. The normalized spacial score (nSPS) is 15.4. The predicted octanol–water partition coefficient (Wildman–Crippen LogP) is 2.18. The fourth-order valence-corrected chi connectivity index (χ4v) is 3.18. The largest absolute Gasteiger partial charge is 0.358 e. The molecule has 132 valence electrons. The average Bonchev–Trinajstić information content (AvgIpc) is 2.99. The Morgan fingerprint density at radius 1 is 1.28 bits per heavy atom. The fraction of sp³-hybridized carbons (Fsp3) is 0.333. The number of benzene rings is 1. The van der Waals surface area contributed by atoms with Crippen molar-refractivity contribution in [2.24, 2.45) is 0 Å². The number of piperazine rings is 1. The van der Waals surface area contributed by atoms with E-state index in [2.05, 4.69) is 31.0 Å². The topological polar surface area (TPSA) is 95.4 Å². The SMILES string of the molecule is O=C(c1n[nH]c([N+](=O)[O-])c1Br)N1CCN(Cc2ccc(F)cc2)CC1. The van der Waals surface area contributed by atoms with Crippen LogP contribution in [0.15, 0.2) is 28.7 Å². The van der Waals surface area contributed by atoms with Gasteiger partial charge in [0.1, 0.15) is 10.3 Å². The van der Waals surface area contributed by atoms with Gasteiger partial charge in [0.25, 0.3) is 5.91 Å². The number of halogens is 2. The molecular weight excluding hydrogens is 397 g/mol. The Kier molecular flexibility index (Phi) is 5.09. The van der Waals surface area contributed by atoms with Gasteiger partial charge in [-0.25, -0.2) is 4.39 Å². The van der Waals surface area contributed by atoms with Gasteiger partial charge in [-0.3, -0.25) is 9.69 Å². The van der Waals surface area contributed by atoms with E-state index >= 15 is 0 Å². The summed E-state index contributed by atoms with van der Waals surface area (Å²) in [5.74, 6) is -0.950. The molecule has 25 heavy (non-hydrogen) atoms. The van der Waals surface area contributed by atoms with E-state index in [-0.39, 0.29) is 27.7 Å². The number of carbonyl (C=O) groups is 1. The minimum absolute atomic E-state index is 0.0127. The van der Waals surface area contributed by atoms with Gasteiger partial charge in [-0.05, 0) is 38.5 Å². The van der Waals surface area contributed by atoms with Crippen LogP contribution >= 0.6 is 15.9 Å². The summed E-state index contributed by atoms with van der Waals surface area (Å²) in [5.41, 5.74) is 1.02. The van der Waals surface area contributed by atoms with Gasteiger partial charge < -0.3 is 15.0 Å². The number of nitro groups is 1. The van der Waals surface area contributed by atoms with E-state index in [1.54, 1.807) is 17.0 Å². The van der Waals surface area contributed by atoms with Gasteiger partial charge in [0.05, 0.1) is 0 Å². The van der Waals surface area contributed by atoms with Gasteiger partial charge in [0, 0.05) is 32.7 Å². The number of nitrogens with one attached hydrogen (secondary N) is 1. The summed E-state index contributed by atoms with van der Waals surface area (Å²) in [6.45, 7) is 2.99. The summed E-state index contributed by atoms with van der Waals surface area (Å²) in [4.78, 5) is 26.5. The molecule has 1 aromatic carbocycles. The Bertz CT molecular complexity index is 787. The van der Waals surface area contributed by atoms with E-state index in [0.717, 1.165) is 5.56 Å². The molecule has 8 nitrogen and oxygen atoms in total. The zero-order valence-electron chi connectivity index (χ0n) is 13.1. The molecule has 0 unspecified atom stereocenters. The molecule has 0 atom stereocenters. The van der Waals surface area contributed by atoms with Crippen molar-refractivity contribution in [3.05, 3.63) is 55.9 Å². The maximum atomic E-state index is 12.9. The first-order chi connectivity index (χ1) is 12.0. The third-order valence-corrected chi connectivity index (χ3v) is 4.80. The molecule has 2 heterocycles. The molecule has 1 N–H and O–H groups in total. The quantitative estimate of drug-likeness (QED) is 0.614. The van der Waals surface area contributed by atoms with Crippen LogP contribution in [0.2, 0.25) is 0 Å². The minimum atomic E-state index is -0.630. The smallest absolute Gasteiger partial charge is 0.357 e. The first-order valence-electron chi connectivity index (χ1n) is 7.60. The molecule has 1 amide bonds. The average molecular weight is 412 g/mol. The van der Waals surface area contributed by atoms with E-state index in [4.69, 9.17) is 0 Å². The summed E-state index contributed by atoms with van der Waals surface area (Å²) in [6.07, 6.45) is 0. The number of amides is 1. The van der Waals surface area contributed by atoms with Crippen molar-refractivity contribution in [2.75, 3.05) is 26.2 Å². The Morgan fingerprint density at radius 3 is 2.48 bits per heavy atom. The summed E-state index contributed by atoms with van der Waals surface area (Å²) in [5, 5.41) is 16.8. The van der Waals surface area contributed by atoms with Crippen LogP contribution in [0.3, 0.4) is 0 Å². The van der Waals surface area contributed by atoms with Crippen molar-refractivity contribution < 1.29 is 14.1 Å². The molecule has 1 saturated heterocycles. The molecule has 0 saturated carbocycles. The Labute approximate surface area is 150 Å². The molecule has 1 aromatic heterocycles. The lowest BCUT2D eigenvalue weighted by Crippen LogP contribution is -2.48. The number of aromatic amines is 1. The van der Waals surface area contributed by atoms with Gasteiger partial charge in [-0.1, -0.05) is 17.2 Å². The van der Waals surface area contributed by atoms with E-state index < -0.39 is 4.92 Å². The molecule has 1 fully saturated rings. The van der Waals surface area contributed by atoms with Crippen LogP contribution in [0.4, 0.5) is 10.2 Å². The Morgan fingerprint density at radius 2 is 1.92 bits per heavy atom. The van der Waals surface area contributed by atoms with Crippen LogP contribution in [0.5, 0.6) is 0 Å². The van der Waals surface area contributed by atoms with E-state index in [1.165, 1.54) is 12.1 Å². The monoisotopic (exact) mass is 411 g/mol. The zero-order valence-corrected chi connectivity index (χ0v) is 14.7. The Balaban J connectivity index is 1.59. The van der Waals surface area contributed by atoms with Crippen LogP contribution in [0.1, 0.15) is 16.1 Å². The second-order valence-corrected chi connectivity index (χ2v) is 6.48. The lowest BCUT2D eigenvalue weighted by molar-refractivity contribution is -0.390. The molecule has 3 rings (SSSR count). The maximum Gasteiger partial charge on any atom is 0.357 e. The lowest BCUT2D eigenvalue weighted by atomic mass is 10.2. The van der Waals surface area contributed by atoms with Crippen molar-refractivity contribution in [1.82, 2.24) is 20.0 Å². The van der Waals surface area contributed by atoms with Gasteiger partial charge >= 0.3 is 5.82 Å². The highest BCUT2D eigenvalue weighted by Gasteiger charge is 2.30. The second kappa shape index (κ2) is 7.28. The molecule has 1 aliphatic heterocycles. The standard InChI is InChI=1S/C15H15BrFN5O3/c16-12-13(18-19-14(12)22(24)25)15(23)21-7-5-20(6-8-21)9-10-1-3-11(17)4-2-10/h1-4H,5-9H2,(H,18,19). The molecule has 0 aliphatic carbocycles. The highest BCUT2D eigenvalue weighted by atomic mass is 79.9. The molecular formula is C15H15BrFN5O3. The number of hydrogen-bond donors (Lipinski definition) is 1. The molecule has 10 heteroatoms. The fourth-order valence-electron chi connectivity index (χ4n) is 2.69. The Hall–Kier alpha value is -2.33. The van der Waals surface area contributed by atoms with Gasteiger partial charge in [-0.2, -0.15) is 0 Å². The van der Waals surface area contributed by atoms with Crippen LogP contribution in [0.25, 0.3) is 0 Å². The third-order valence-electron chi connectivity index (χ3n) is 4.05. The number of nitrogens with zero attached hydrogens (tertiary/aromatic N) is 4. The van der Waals surface area contributed by atoms with E-state index in [1.807, 2.05) is 0 Å². The van der Waals surface area contributed by atoms with Crippen molar-refractivity contribution in [2.45, 2.75) is 6.54 Å². The molecule has 0 radical (unpaired) electrons. The molecule has 0 bridgehead atoms. The molecule has 2 aromatic rings. The highest BCUT2D eigenvalue weighted by Crippen LogP contribution is 2.26. The van der Waals surface area contributed by atoms with Gasteiger partial charge in [-0.15, -0.1) is 5.10 Å². The maximum absolute atomic E-state index is 12.9. The van der Waals surface area contributed by atoms with Crippen molar-refractivity contribution in [3.63, 3.8) is 0 Å².